The topological polar surface area (TPSA) is 184 Å². The summed E-state index contributed by atoms with van der Waals surface area (Å²) in [4.78, 5) is 71.1. The summed E-state index contributed by atoms with van der Waals surface area (Å²) in [5, 5.41) is 5.79. The van der Waals surface area contributed by atoms with Gasteiger partial charge in [0.1, 0.15) is 17.8 Å². The number of aryl methyl sites for hydroxylation is 1. The first-order valence-electron chi connectivity index (χ1n) is 13.9. The summed E-state index contributed by atoms with van der Waals surface area (Å²) in [5.74, 6) is -1.81. The Morgan fingerprint density at radius 2 is 1.83 bits per heavy atom. The lowest BCUT2D eigenvalue weighted by atomic mass is 9.98. The molecule has 230 valence electrons. The molecule has 42 heavy (non-hydrogen) atoms. The number of primary amides is 1. The summed E-state index contributed by atoms with van der Waals surface area (Å²) in [6.45, 7) is 1.76. The Morgan fingerprint density at radius 3 is 2.50 bits per heavy atom. The number of carbonyl (C=O) groups excluding carboxylic acids is 4. The molecule has 0 bridgehead atoms. The fourth-order valence-electron chi connectivity index (χ4n) is 5.85. The van der Waals surface area contributed by atoms with Crippen LogP contribution in [0.1, 0.15) is 74.3 Å². The molecule has 4 amide bonds. The van der Waals surface area contributed by atoms with E-state index in [-0.39, 0.29) is 41.4 Å². The van der Waals surface area contributed by atoms with Crippen LogP contribution in [-0.2, 0) is 31.7 Å². The predicted molar refractivity (Wildman–Crippen MR) is 148 cm³/mol. The monoisotopic (exact) mass is 611 g/mol. The van der Waals surface area contributed by atoms with Crippen molar-refractivity contribution < 1.29 is 42.3 Å². The van der Waals surface area contributed by atoms with Gasteiger partial charge in [0.25, 0.3) is 5.91 Å². The number of amides is 4. The Morgan fingerprint density at radius 1 is 1.14 bits per heavy atom. The number of hydrogen-bond donors (Lipinski definition) is 5. The third-order valence-electron chi connectivity index (χ3n) is 8.14. The highest BCUT2D eigenvalue weighted by Gasteiger charge is 2.50. The van der Waals surface area contributed by atoms with Crippen LogP contribution in [0.25, 0.3) is 10.9 Å². The van der Waals surface area contributed by atoms with Crippen LogP contribution in [0, 0.1) is 0 Å². The average Bonchev–Trinajstić information content (AvgIpc) is 3.47. The minimum Gasteiger partial charge on any atom is -0.370 e. The van der Waals surface area contributed by atoms with Crippen molar-refractivity contribution in [3.05, 3.63) is 35.5 Å². The zero-order chi connectivity index (χ0) is 31.0. The molecular weight excluding hydrogens is 575 g/mol. The van der Waals surface area contributed by atoms with Crippen LogP contribution >= 0.6 is 7.60 Å². The van der Waals surface area contributed by atoms with Gasteiger partial charge in [0.2, 0.25) is 17.7 Å². The molecule has 0 aliphatic carbocycles. The number of fused-ring (bicyclic) bond motifs is 2. The smallest absolute Gasteiger partial charge is 0.370 e. The van der Waals surface area contributed by atoms with Gasteiger partial charge < -0.3 is 35.6 Å². The number of rotatable bonds is 9. The second-order valence-electron chi connectivity index (χ2n) is 11.2. The molecular formula is C27H36F2N5O7P. The first kappa shape index (κ1) is 31.6. The summed E-state index contributed by atoms with van der Waals surface area (Å²) < 4.78 is 41.3. The maximum Gasteiger partial charge on any atom is 0.399 e. The first-order valence-corrected chi connectivity index (χ1v) is 15.5. The van der Waals surface area contributed by atoms with Gasteiger partial charge in [-0.2, -0.15) is 8.78 Å². The molecule has 2 aliphatic rings. The van der Waals surface area contributed by atoms with Gasteiger partial charge in [-0.25, -0.2) is 0 Å². The van der Waals surface area contributed by atoms with Crippen molar-refractivity contribution in [2.75, 3.05) is 0 Å². The normalized spacial score (nSPS) is 22.3. The van der Waals surface area contributed by atoms with Gasteiger partial charge in [0, 0.05) is 42.0 Å². The molecule has 1 aromatic heterocycles. The van der Waals surface area contributed by atoms with Crippen LogP contribution in [0.4, 0.5) is 8.78 Å². The largest absolute Gasteiger partial charge is 0.399 e. The Hall–Kier alpha value is -3.35. The Bertz CT molecular complexity index is 1440. The number of aromatic nitrogens is 1. The van der Waals surface area contributed by atoms with Gasteiger partial charge in [0.05, 0.1) is 0 Å². The highest BCUT2D eigenvalue weighted by Crippen LogP contribution is 2.59. The van der Waals surface area contributed by atoms with Gasteiger partial charge in [-0.15, -0.1) is 0 Å². The van der Waals surface area contributed by atoms with Crippen molar-refractivity contribution in [1.29, 1.82) is 0 Å². The van der Waals surface area contributed by atoms with Gasteiger partial charge in [-0.05, 0) is 57.2 Å². The van der Waals surface area contributed by atoms with E-state index in [9.17, 15) is 32.5 Å². The van der Waals surface area contributed by atoms with E-state index in [4.69, 9.17) is 15.5 Å². The first-order chi connectivity index (χ1) is 19.6. The van der Waals surface area contributed by atoms with Crippen molar-refractivity contribution in [2.24, 2.45) is 12.8 Å². The number of hydrogen-bond acceptors (Lipinski definition) is 5. The number of nitrogens with one attached hydrogen (secondary N) is 2. The third-order valence-corrected chi connectivity index (χ3v) is 9.13. The summed E-state index contributed by atoms with van der Waals surface area (Å²) in [5.41, 5.74) is 0.345. The fourth-order valence-corrected chi connectivity index (χ4v) is 6.32. The van der Waals surface area contributed by atoms with Gasteiger partial charge >= 0.3 is 13.3 Å². The lowest BCUT2D eigenvalue weighted by molar-refractivity contribution is -0.143. The molecule has 2 fully saturated rings. The molecule has 0 radical (unpaired) electrons. The van der Waals surface area contributed by atoms with Crippen LogP contribution in [0.3, 0.4) is 0 Å². The highest BCUT2D eigenvalue weighted by atomic mass is 31.2. The lowest BCUT2D eigenvalue weighted by Crippen LogP contribution is -2.57. The third kappa shape index (κ3) is 6.35. The summed E-state index contributed by atoms with van der Waals surface area (Å²) in [6, 6.07) is 2.27. The highest BCUT2D eigenvalue weighted by molar-refractivity contribution is 7.52. The molecule has 6 N–H and O–H groups in total. The zero-order valence-electron chi connectivity index (χ0n) is 23.4. The van der Waals surface area contributed by atoms with E-state index >= 15 is 0 Å². The quantitative estimate of drug-likeness (QED) is 0.269. The van der Waals surface area contributed by atoms with E-state index in [0.29, 0.717) is 37.6 Å². The maximum absolute atomic E-state index is 14.3. The van der Waals surface area contributed by atoms with Crippen LogP contribution in [0.5, 0.6) is 0 Å². The molecule has 12 nitrogen and oxygen atoms in total. The molecule has 0 spiro atoms. The average molecular weight is 612 g/mol. The van der Waals surface area contributed by atoms with Crippen LogP contribution in [-0.4, -0.2) is 67.0 Å². The lowest BCUT2D eigenvalue weighted by Gasteiger charge is -2.35. The molecule has 1 aromatic carbocycles. The summed E-state index contributed by atoms with van der Waals surface area (Å²) in [7, 11) is -4.24. The van der Waals surface area contributed by atoms with E-state index < -0.39 is 42.7 Å². The standard InChI is InChI=1S/C27H36F2N5O7P/c1-15(7-12-23(30)35)31-24(36)21-11-9-18-5-3-4-6-19(26(38)34(18)21)32-25(37)22-14-16-13-17(8-10-20(16)33(22)2)27(28,29)42(39,40)41/h8,10,13-15,18-19,21H,3-7,9,11-12H2,1-2H3,(H2,30,35)(H,31,36)(H,32,37)(H2,39,40,41). The number of halogens is 2. The van der Waals surface area contributed by atoms with Crippen LogP contribution in [0.15, 0.2) is 24.3 Å². The van der Waals surface area contributed by atoms with E-state index in [1.165, 1.54) is 23.7 Å². The molecule has 2 saturated heterocycles. The molecule has 15 heteroatoms. The molecule has 4 rings (SSSR count). The number of nitrogens with zero attached hydrogens (tertiary/aromatic N) is 2. The Labute approximate surface area is 241 Å². The fraction of sp³-hybridized carbons (Fsp3) is 0.556. The summed E-state index contributed by atoms with van der Waals surface area (Å²) >= 11 is 0. The molecule has 4 atom stereocenters. The van der Waals surface area contributed by atoms with Crippen molar-refractivity contribution in [2.45, 2.75) is 88.1 Å². The second kappa shape index (κ2) is 12.1. The zero-order valence-corrected chi connectivity index (χ0v) is 24.3. The van der Waals surface area contributed by atoms with Gasteiger partial charge in [-0.3, -0.25) is 23.7 Å². The SMILES string of the molecule is CC(CCC(N)=O)NC(=O)C1CCC2CCCCC(NC(=O)c3cc4cc(C(F)(F)P(=O)(O)O)ccc4n3C)C(=O)N21. The van der Waals surface area contributed by atoms with Crippen molar-refractivity contribution >= 4 is 42.1 Å². The molecule has 2 aliphatic heterocycles. The van der Waals surface area contributed by atoms with Crippen molar-refractivity contribution in [3.63, 3.8) is 0 Å². The van der Waals surface area contributed by atoms with Crippen molar-refractivity contribution in [3.8, 4) is 0 Å². The molecule has 3 heterocycles. The van der Waals surface area contributed by atoms with Gasteiger partial charge in [0.15, 0.2) is 0 Å². The number of nitrogens with two attached hydrogens (primary N) is 1. The van der Waals surface area contributed by atoms with E-state index in [1.807, 2.05) is 0 Å². The van der Waals surface area contributed by atoms with E-state index in [2.05, 4.69) is 10.6 Å². The summed E-state index contributed by atoms with van der Waals surface area (Å²) in [6.07, 6.45) is 4.16. The minimum atomic E-state index is -5.78. The Kier molecular flexibility index (Phi) is 9.10. The minimum absolute atomic E-state index is 0.0621. The molecule has 2 aromatic rings. The number of carbonyl (C=O) groups is 4. The van der Waals surface area contributed by atoms with E-state index in [0.717, 1.165) is 25.0 Å². The van der Waals surface area contributed by atoms with Crippen LogP contribution < -0.4 is 16.4 Å². The van der Waals surface area contributed by atoms with Gasteiger partial charge in [-0.1, -0.05) is 18.9 Å². The van der Waals surface area contributed by atoms with Crippen LogP contribution in [0.2, 0.25) is 0 Å². The maximum atomic E-state index is 14.3. The predicted octanol–water partition coefficient (Wildman–Crippen LogP) is 2.21. The Balaban J connectivity index is 1.53. The van der Waals surface area contributed by atoms with E-state index in [1.54, 1.807) is 11.8 Å². The number of alkyl halides is 2. The molecule has 4 unspecified atom stereocenters. The second-order valence-corrected chi connectivity index (χ2v) is 12.8. The van der Waals surface area contributed by atoms with Crippen molar-refractivity contribution in [1.82, 2.24) is 20.1 Å². The molecule has 0 saturated carbocycles. The number of benzene rings is 1.